The van der Waals surface area contributed by atoms with E-state index in [0.717, 1.165) is 6.42 Å². The van der Waals surface area contributed by atoms with Crippen molar-refractivity contribution in [3.05, 3.63) is 0 Å². The van der Waals surface area contributed by atoms with Crippen molar-refractivity contribution in [2.24, 2.45) is 5.73 Å². The molecular formula is C6H13NO2. The van der Waals surface area contributed by atoms with Crippen LogP contribution in [0.3, 0.4) is 0 Å². The minimum atomic E-state index is -0.765. The van der Waals surface area contributed by atoms with Gasteiger partial charge in [-0.05, 0) is 12.8 Å². The third kappa shape index (κ3) is 5.30. The standard InChI is InChI=1S/C6H13NO2/c1-2-5(7)3-4-6(8)9/h5H,2-4,7H2,1H3,(H,8,9). The fourth-order valence-electron chi connectivity index (χ4n) is 0.513. The van der Waals surface area contributed by atoms with Crippen molar-refractivity contribution in [3.63, 3.8) is 0 Å². The van der Waals surface area contributed by atoms with Crippen molar-refractivity contribution in [2.45, 2.75) is 32.2 Å². The molecule has 1 atom stereocenters. The van der Waals surface area contributed by atoms with Crippen molar-refractivity contribution < 1.29 is 9.90 Å². The lowest BCUT2D eigenvalue weighted by molar-refractivity contribution is -0.137. The lowest BCUT2D eigenvalue weighted by atomic mass is 10.1. The molecule has 1 unspecified atom stereocenters. The van der Waals surface area contributed by atoms with Crippen molar-refractivity contribution in [1.29, 1.82) is 0 Å². The van der Waals surface area contributed by atoms with E-state index in [4.69, 9.17) is 10.8 Å². The molecule has 0 bridgehead atoms. The van der Waals surface area contributed by atoms with E-state index in [-0.39, 0.29) is 12.5 Å². The zero-order valence-corrected chi connectivity index (χ0v) is 5.63. The third-order valence-electron chi connectivity index (χ3n) is 1.25. The van der Waals surface area contributed by atoms with Crippen LogP contribution in [0.5, 0.6) is 0 Å². The fraction of sp³-hybridized carbons (Fsp3) is 0.833. The molecule has 0 fully saturated rings. The van der Waals surface area contributed by atoms with Gasteiger partial charge in [0.15, 0.2) is 0 Å². The van der Waals surface area contributed by atoms with Gasteiger partial charge in [0.2, 0.25) is 0 Å². The molecule has 0 heterocycles. The molecule has 3 N–H and O–H groups in total. The van der Waals surface area contributed by atoms with E-state index in [1.54, 1.807) is 0 Å². The fourth-order valence-corrected chi connectivity index (χ4v) is 0.513. The summed E-state index contributed by atoms with van der Waals surface area (Å²) in [4.78, 5) is 9.96. The molecule has 0 saturated heterocycles. The second-order valence-electron chi connectivity index (χ2n) is 2.10. The van der Waals surface area contributed by atoms with Crippen LogP contribution in [0.2, 0.25) is 0 Å². The van der Waals surface area contributed by atoms with Gasteiger partial charge in [0.1, 0.15) is 0 Å². The highest BCUT2D eigenvalue weighted by atomic mass is 16.4. The lowest BCUT2D eigenvalue weighted by Gasteiger charge is -2.03. The van der Waals surface area contributed by atoms with E-state index in [9.17, 15) is 4.79 Å². The number of carboxylic acids is 1. The monoisotopic (exact) mass is 131 g/mol. The molecule has 3 heteroatoms. The van der Waals surface area contributed by atoms with Crippen LogP contribution in [0, 0.1) is 0 Å². The molecule has 0 amide bonds. The van der Waals surface area contributed by atoms with Crippen molar-refractivity contribution in [1.82, 2.24) is 0 Å². The summed E-state index contributed by atoms with van der Waals surface area (Å²) in [5, 5.41) is 8.20. The van der Waals surface area contributed by atoms with E-state index in [2.05, 4.69) is 0 Å². The van der Waals surface area contributed by atoms with Crippen LogP contribution in [-0.2, 0) is 4.79 Å². The molecule has 0 spiro atoms. The number of nitrogens with two attached hydrogens (primary N) is 1. The van der Waals surface area contributed by atoms with E-state index in [1.165, 1.54) is 0 Å². The molecule has 3 nitrogen and oxygen atoms in total. The number of rotatable bonds is 4. The summed E-state index contributed by atoms with van der Waals surface area (Å²) in [5.74, 6) is -0.765. The van der Waals surface area contributed by atoms with Gasteiger partial charge in [-0.25, -0.2) is 0 Å². The minimum Gasteiger partial charge on any atom is -0.481 e. The summed E-state index contributed by atoms with van der Waals surface area (Å²) in [6.07, 6.45) is 1.63. The first-order valence-corrected chi connectivity index (χ1v) is 3.14. The Kier molecular flexibility index (Phi) is 4.05. The number of aliphatic carboxylic acids is 1. The van der Waals surface area contributed by atoms with Crippen LogP contribution in [0.15, 0.2) is 0 Å². The molecule has 0 aromatic heterocycles. The van der Waals surface area contributed by atoms with Crippen molar-refractivity contribution >= 4 is 5.97 Å². The van der Waals surface area contributed by atoms with Gasteiger partial charge >= 0.3 is 5.97 Å². The highest BCUT2D eigenvalue weighted by Gasteiger charge is 2.01. The molecule has 0 saturated carbocycles. The molecule has 0 aliphatic heterocycles. The van der Waals surface area contributed by atoms with E-state index < -0.39 is 5.97 Å². The summed E-state index contributed by atoms with van der Waals surface area (Å²) in [5.41, 5.74) is 5.46. The maximum absolute atomic E-state index is 9.96. The Bertz CT molecular complexity index is 93.1. The first-order chi connectivity index (χ1) is 4.16. The van der Waals surface area contributed by atoms with Gasteiger partial charge in [0, 0.05) is 12.5 Å². The van der Waals surface area contributed by atoms with Gasteiger partial charge in [-0.3, -0.25) is 4.79 Å². The van der Waals surface area contributed by atoms with Crippen LogP contribution in [0.1, 0.15) is 26.2 Å². The molecule has 0 radical (unpaired) electrons. The van der Waals surface area contributed by atoms with E-state index in [0.29, 0.717) is 6.42 Å². The predicted molar refractivity (Wildman–Crippen MR) is 35.1 cm³/mol. The van der Waals surface area contributed by atoms with Gasteiger partial charge in [0.05, 0.1) is 0 Å². The van der Waals surface area contributed by atoms with Gasteiger partial charge in [-0.1, -0.05) is 6.92 Å². The summed E-state index contributed by atoms with van der Waals surface area (Å²) in [7, 11) is 0. The first kappa shape index (κ1) is 8.43. The van der Waals surface area contributed by atoms with Gasteiger partial charge < -0.3 is 10.8 Å². The Morgan fingerprint density at radius 2 is 2.33 bits per heavy atom. The zero-order valence-electron chi connectivity index (χ0n) is 5.63. The second kappa shape index (κ2) is 4.32. The average molecular weight is 131 g/mol. The minimum absolute atomic E-state index is 0.0566. The zero-order chi connectivity index (χ0) is 7.28. The molecule has 0 aliphatic rings. The molecule has 54 valence electrons. The summed E-state index contributed by atoms with van der Waals surface area (Å²) in [6.45, 7) is 1.95. The molecular weight excluding hydrogens is 118 g/mol. The highest BCUT2D eigenvalue weighted by molar-refractivity contribution is 5.66. The van der Waals surface area contributed by atoms with Crippen molar-refractivity contribution in [3.8, 4) is 0 Å². The van der Waals surface area contributed by atoms with Crippen LogP contribution < -0.4 is 5.73 Å². The normalized spacial score (nSPS) is 13.1. The maximum Gasteiger partial charge on any atom is 0.303 e. The Morgan fingerprint density at radius 1 is 1.78 bits per heavy atom. The Morgan fingerprint density at radius 3 is 2.67 bits per heavy atom. The number of hydrogen-bond donors (Lipinski definition) is 2. The Labute approximate surface area is 54.9 Å². The summed E-state index contributed by atoms with van der Waals surface area (Å²) in [6, 6.07) is 0.0566. The van der Waals surface area contributed by atoms with Crippen LogP contribution in [0.25, 0.3) is 0 Å². The topological polar surface area (TPSA) is 63.3 Å². The highest BCUT2D eigenvalue weighted by Crippen LogP contribution is 1.96. The largest absolute Gasteiger partial charge is 0.481 e. The Balaban J connectivity index is 3.16. The maximum atomic E-state index is 9.96. The Hall–Kier alpha value is -0.570. The predicted octanol–water partition coefficient (Wildman–Crippen LogP) is 0.588. The van der Waals surface area contributed by atoms with Crippen LogP contribution in [-0.4, -0.2) is 17.1 Å². The van der Waals surface area contributed by atoms with Gasteiger partial charge in [-0.15, -0.1) is 0 Å². The second-order valence-corrected chi connectivity index (χ2v) is 2.10. The van der Waals surface area contributed by atoms with Crippen molar-refractivity contribution in [2.75, 3.05) is 0 Å². The summed E-state index contributed by atoms with van der Waals surface area (Å²) >= 11 is 0. The summed E-state index contributed by atoms with van der Waals surface area (Å²) < 4.78 is 0. The van der Waals surface area contributed by atoms with Gasteiger partial charge in [0.25, 0.3) is 0 Å². The van der Waals surface area contributed by atoms with E-state index in [1.807, 2.05) is 6.92 Å². The third-order valence-corrected chi connectivity index (χ3v) is 1.25. The SMILES string of the molecule is CCC(N)CCC(=O)O. The smallest absolute Gasteiger partial charge is 0.303 e. The molecule has 9 heavy (non-hydrogen) atoms. The number of carbonyl (C=O) groups is 1. The molecule has 0 rings (SSSR count). The van der Waals surface area contributed by atoms with Crippen LogP contribution >= 0.6 is 0 Å². The number of hydrogen-bond acceptors (Lipinski definition) is 2. The quantitative estimate of drug-likeness (QED) is 0.587. The first-order valence-electron chi connectivity index (χ1n) is 3.14. The van der Waals surface area contributed by atoms with Gasteiger partial charge in [-0.2, -0.15) is 0 Å². The van der Waals surface area contributed by atoms with E-state index >= 15 is 0 Å². The molecule has 0 aromatic carbocycles. The average Bonchev–Trinajstić information content (AvgIpc) is 1.83. The van der Waals surface area contributed by atoms with Crippen LogP contribution in [0.4, 0.5) is 0 Å². The number of carboxylic acid groups (broad SMARTS) is 1. The molecule has 0 aromatic rings. The lowest BCUT2D eigenvalue weighted by Crippen LogP contribution is -2.19. The molecule has 0 aliphatic carbocycles.